The van der Waals surface area contributed by atoms with Gasteiger partial charge in [0.25, 0.3) is 0 Å². The molecule has 2 aromatic heterocycles. The molecule has 1 fully saturated rings. The highest BCUT2D eigenvalue weighted by Crippen LogP contribution is 2.30. The Bertz CT molecular complexity index is 607. The van der Waals surface area contributed by atoms with E-state index in [9.17, 15) is 0 Å². The minimum atomic E-state index is 0.441. The predicted octanol–water partition coefficient (Wildman–Crippen LogP) is 3.41. The zero-order valence-electron chi connectivity index (χ0n) is 12.6. The van der Waals surface area contributed by atoms with Gasteiger partial charge in [-0.2, -0.15) is 4.98 Å². The molecule has 114 valence electrons. The van der Waals surface area contributed by atoms with E-state index < -0.39 is 0 Å². The summed E-state index contributed by atoms with van der Waals surface area (Å²) in [6.45, 7) is 6.81. The van der Waals surface area contributed by atoms with E-state index in [0.29, 0.717) is 6.04 Å². The summed E-state index contributed by atoms with van der Waals surface area (Å²) >= 11 is 1.72. The van der Waals surface area contributed by atoms with E-state index in [1.165, 1.54) is 4.88 Å². The zero-order chi connectivity index (χ0) is 14.7. The third-order valence-corrected chi connectivity index (χ3v) is 4.56. The van der Waals surface area contributed by atoms with Crippen LogP contribution in [0.15, 0.2) is 6.07 Å². The predicted molar refractivity (Wildman–Crippen MR) is 88.4 cm³/mol. The second-order valence-electron chi connectivity index (χ2n) is 5.43. The van der Waals surface area contributed by atoms with Crippen LogP contribution in [0, 0.1) is 6.92 Å². The van der Waals surface area contributed by atoms with Gasteiger partial charge in [-0.25, -0.2) is 4.98 Å². The second-order valence-corrected chi connectivity index (χ2v) is 6.66. The number of aryl methyl sites for hydroxylation is 1. The number of aromatic nitrogens is 2. The Morgan fingerprint density at radius 2 is 2.14 bits per heavy atom. The summed E-state index contributed by atoms with van der Waals surface area (Å²) in [7, 11) is 0. The van der Waals surface area contributed by atoms with Crippen LogP contribution in [0.3, 0.4) is 0 Å². The number of hydrogen-bond acceptors (Lipinski definition) is 6. The molecule has 0 radical (unpaired) electrons. The van der Waals surface area contributed by atoms with Crippen LogP contribution in [-0.2, 0) is 4.74 Å². The number of nitrogens with one attached hydrogen (secondary N) is 2. The van der Waals surface area contributed by atoms with Crippen molar-refractivity contribution in [1.82, 2.24) is 9.97 Å². The molecule has 6 heteroatoms. The molecule has 1 aliphatic heterocycles. The SMILES string of the molecule is CCCNc1nc(NC2CCOCC2)c2cc(C)sc2n1. The first kappa shape index (κ1) is 14.5. The number of rotatable bonds is 5. The standard InChI is InChI=1S/C15H22N4OS/c1-3-6-16-15-18-13(17-11-4-7-20-8-5-11)12-9-10(2)21-14(12)19-15/h9,11H,3-8H2,1-2H3,(H2,16,17,18,19). The molecule has 0 aliphatic carbocycles. The number of nitrogens with zero attached hydrogens (tertiary/aromatic N) is 2. The Morgan fingerprint density at radius 3 is 2.90 bits per heavy atom. The van der Waals surface area contributed by atoms with Crippen molar-refractivity contribution in [3.63, 3.8) is 0 Å². The second kappa shape index (κ2) is 6.58. The van der Waals surface area contributed by atoms with Crippen molar-refractivity contribution in [1.29, 1.82) is 0 Å². The summed E-state index contributed by atoms with van der Waals surface area (Å²) in [6.07, 6.45) is 3.13. The molecular formula is C15H22N4OS. The van der Waals surface area contributed by atoms with E-state index in [4.69, 9.17) is 4.74 Å². The first-order chi connectivity index (χ1) is 10.3. The smallest absolute Gasteiger partial charge is 0.226 e. The van der Waals surface area contributed by atoms with Crippen molar-refractivity contribution in [2.45, 2.75) is 39.2 Å². The van der Waals surface area contributed by atoms with Crippen LogP contribution in [0.25, 0.3) is 10.2 Å². The lowest BCUT2D eigenvalue weighted by Crippen LogP contribution is -2.28. The molecule has 1 aliphatic rings. The highest BCUT2D eigenvalue weighted by Gasteiger charge is 2.17. The molecule has 3 rings (SSSR count). The zero-order valence-corrected chi connectivity index (χ0v) is 13.4. The van der Waals surface area contributed by atoms with Gasteiger partial charge in [0.1, 0.15) is 10.6 Å². The fourth-order valence-electron chi connectivity index (χ4n) is 2.50. The molecule has 5 nitrogen and oxygen atoms in total. The molecule has 0 spiro atoms. The van der Waals surface area contributed by atoms with Gasteiger partial charge in [-0.1, -0.05) is 6.92 Å². The van der Waals surface area contributed by atoms with E-state index in [1.54, 1.807) is 11.3 Å². The van der Waals surface area contributed by atoms with Crippen LogP contribution in [-0.4, -0.2) is 35.8 Å². The summed E-state index contributed by atoms with van der Waals surface area (Å²) in [6, 6.07) is 2.61. The first-order valence-corrected chi connectivity index (χ1v) is 8.44. The van der Waals surface area contributed by atoms with Gasteiger partial charge in [-0.05, 0) is 32.3 Å². The molecular weight excluding hydrogens is 284 g/mol. The van der Waals surface area contributed by atoms with Crippen molar-refractivity contribution >= 4 is 33.3 Å². The molecule has 0 unspecified atom stereocenters. The van der Waals surface area contributed by atoms with Crippen molar-refractivity contribution in [3.05, 3.63) is 10.9 Å². The molecule has 0 bridgehead atoms. The molecule has 3 heterocycles. The number of thiophene rings is 1. The van der Waals surface area contributed by atoms with Crippen molar-refractivity contribution in [2.75, 3.05) is 30.4 Å². The van der Waals surface area contributed by atoms with Crippen molar-refractivity contribution in [3.8, 4) is 0 Å². The maximum absolute atomic E-state index is 5.42. The third kappa shape index (κ3) is 3.44. The normalized spacial score (nSPS) is 16.3. The van der Waals surface area contributed by atoms with Gasteiger partial charge in [0, 0.05) is 30.7 Å². The molecule has 1 saturated heterocycles. The molecule has 0 aromatic carbocycles. The monoisotopic (exact) mass is 306 g/mol. The fraction of sp³-hybridized carbons (Fsp3) is 0.600. The lowest BCUT2D eigenvalue weighted by Gasteiger charge is -2.24. The molecule has 2 N–H and O–H groups in total. The van der Waals surface area contributed by atoms with E-state index in [0.717, 1.165) is 61.0 Å². The highest BCUT2D eigenvalue weighted by atomic mass is 32.1. The van der Waals surface area contributed by atoms with E-state index in [2.05, 4.69) is 40.5 Å². The summed E-state index contributed by atoms with van der Waals surface area (Å²) in [5, 5.41) is 8.01. The highest BCUT2D eigenvalue weighted by molar-refractivity contribution is 7.18. The van der Waals surface area contributed by atoms with Gasteiger partial charge in [-0.15, -0.1) is 11.3 Å². The lowest BCUT2D eigenvalue weighted by molar-refractivity contribution is 0.0904. The largest absolute Gasteiger partial charge is 0.381 e. The number of anilines is 2. The van der Waals surface area contributed by atoms with Gasteiger partial charge in [0.2, 0.25) is 5.95 Å². The lowest BCUT2D eigenvalue weighted by atomic mass is 10.1. The van der Waals surface area contributed by atoms with Crippen LogP contribution < -0.4 is 10.6 Å². The Hall–Kier alpha value is -1.40. The average molecular weight is 306 g/mol. The van der Waals surface area contributed by atoms with Crippen molar-refractivity contribution < 1.29 is 4.74 Å². The third-order valence-electron chi connectivity index (χ3n) is 3.61. The first-order valence-electron chi connectivity index (χ1n) is 7.62. The molecule has 21 heavy (non-hydrogen) atoms. The van der Waals surface area contributed by atoms with Crippen LogP contribution >= 0.6 is 11.3 Å². The minimum absolute atomic E-state index is 0.441. The number of ether oxygens (including phenoxy) is 1. The van der Waals surface area contributed by atoms with Crippen LogP contribution in [0.4, 0.5) is 11.8 Å². The summed E-state index contributed by atoms with van der Waals surface area (Å²) in [5.41, 5.74) is 0. The van der Waals surface area contributed by atoms with Crippen LogP contribution in [0.5, 0.6) is 0 Å². The maximum Gasteiger partial charge on any atom is 0.226 e. The molecule has 0 atom stereocenters. The van der Waals surface area contributed by atoms with Gasteiger partial charge in [0.05, 0.1) is 5.39 Å². The Kier molecular flexibility index (Phi) is 4.55. The average Bonchev–Trinajstić information content (AvgIpc) is 2.87. The Labute approximate surface area is 129 Å². The van der Waals surface area contributed by atoms with E-state index in [-0.39, 0.29) is 0 Å². The Morgan fingerprint density at radius 1 is 1.33 bits per heavy atom. The molecule has 0 amide bonds. The quantitative estimate of drug-likeness (QED) is 0.886. The van der Waals surface area contributed by atoms with Crippen LogP contribution in [0.1, 0.15) is 31.1 Å². The minimum Gasteiger partial charge on any atom is -0.381 e. The number of hydrogen-bond donors (Lipinski definition) is 2. The fourth-order valence-corrected chi connectivity index (χ4v) is 3.38. The molecule has 0 saturated carbocycles. The van der Waals surface area contributed by atoms with Gasteiger partial charge < -0.3 is 15.4 Å². The van der Waals surface area contributed by atoms with E-state index in [1.807, 2.05) is 0 Å². The summed E-state index contributed by atoms with van der Waals surface area (Å²) in [5.74, 6) is 1.68. The topological polar surface area (TPSA) is 59.1 Å². The van der Waals surface area contributed by atoms with Gasteiger partial charge >= 0.3 is 0 Å². The van der Waals surface area contributed by atoms with Crippen molar-refractivity contribution in [2.24, 2.45) is 0 Å². The van der Waals surface area contributed by atoms with E-state index >= 15 is 0 Å². The van der Waals surface area contributed by atoms with Crippen LogP contribution in [0.2, 0.25) is 0 Å². The van der Waals surface area contributed by atoms with Gasteiger partial charge in [0.15, 0.2) is 0 Å². The Balaban J connectivity index is 1.89. The maximum atomic E-state index is 5.42. The summed E-state index contributed by atoms with van der Waals surface area (Å²) in [4.78, 5) is 11.6. The summed E-state index contributed by atoms with van der Waals surface area (Å²) < 4.78 is 5.42. The van der Waals surface area contributed by atoms with Gasteiger partial charge in [-0.3, -0.25) is 0 Å². The number of fused-ring (bicyclic) bond motifs is 1. The molecule has 2 aromatic rings.